The van der Waals surface area contributed by atoms with Gasteiger partial charge >= 0.3 is 19.1 Å². The lowest BCUT2D eigenvalue weighted by Crippen LogP contribution is -2.63. The van der Waals surface area contributed by atoms with Crippen molar-refractivity contribution in [2.24, 2.45) is 39.1 Å². The minimum atomic E-state index is -1.66. The summed E-state index contributed by atoms with van der Waals surface area (Å²) in [7, 11) is -0.260. The number of ketones is 1. The van der Waals surface area contributed by atoms with Crippen molar-refractivity contribution in [1.82, 2.24) is 4.92 Å². The number of amides is 1. The molecule has 2 bridgehead atoms. The van der Waals surface area contributed by atoms with E-state index in [1.807, 2.05) is 27.7 Å². The molecule has 46 heavy (non-hydrogen) atoms. The molecular formula is C33H42BFN2O9. The molecule has 0 saturated heterocycles. The van der Waals surface area contributed by atoms with Crippen molar-refractivity contribution < 1.29 is 47.5 Å². The number of hydrogen-bond donors (Lipinski definition) is 1. The third-order valence-corrected chi connectivity index (χ3v) is 11.7. The van der Waals surface area contributed by atoms with Crippen molar-refractivity contribution in [2.45, 2.75) is 78.7 Å². The van der Waals surface area contributed by atoms with E-state index in [0.29, 0.717) is 35.9 Å². The Hall–Kier alpha value is -3.74. The molecule has 248 valence electrons. The van der Waals surface area contributed by atoms with Crippen LogP contribution in [0.4, 0.5) is 9.18 Å². The summed E-state index contributed by atoms with van der Waals surface area (Å²) >= 11 is 0. The van der Waals surface area contributed by atoms with Gasteiger partial charge in [-0.15, -0.1) is 6.58 Å². The van der Waals surface area contributed by atoms with Crippen molar-refractivity contribution in [3.8, 4) is 5.75 Å². The molecule has 1 N–H and O–H groups in total. The smallest absolute Gasteiger partial charge is 0.479 e. The first-order valence-corrected chi connectivity index (χ1v) is 15.7. The SMILES string of the molecule is C=C[C@]1(C)C[C@@H](OC(=O)COc2ccc3c(c2C)B(O)N(C(=O)OC)N=C3)[C@]2(C)[C@H](C)CC[C@]3(C[C@H](F)C(=O)[C@H]32)[C@@H](C)[C@@H]1OC=O. The number of rotatable bonds is 7. The zero-order chi connectivity index (χ0) is 33.8. The molecule has 5 rings (SSSR count). The van der Waals surface area contributed by atoms with Crippen LogP contribution in [0.25, 0.3) is 0 Å². The molecule has 1 amide bonds. The predicted molar refractivity (Wildman–Crippen MR) is 166 cm³/mol. The molecule has 1 aromatic carbocycles. The van der Waals surface area contributed by atoms with Gasteiger partial charge in [0, 0.05) is 22.7 Å². The van der Waals surface area contributed by atoms with Crippen molar-refractivity contribution in [3.05, 3.63) is 35.9 Å². The summed E-state index contributed by atoms with van der Waals surface area (Å²) in [5.74, 6) is -2.11. The van der Waals surface area contributed by atoms with Crippen molar-refractivity contribution in [1.29, 1.82) is 0 Å². The van der Waals surface area contributed by atoms with Gasteiger partial charge in [0.1, 0.15) is 18.0 Å². The van der Waals surface area contributed by atoms with Gasteiger partial charge in [0.25, 0.3) is 6.47 Å². The molecular weight excluding hydrogens is 598 g/mol. The number of Topliss-reactive ketones (excluding diaryl/α,β-unsaturated/α-hetero) is 1. The molecule has 0 spiro atoms. The van der Waals surface area contributed by atoms with Gasteiger partial charge in [0.15, 0.2) is 18.6 Å². The Morgan fingerprint density at radius 2 is 1.98 bits per heavy atom. The molecule has 13 heteroatoms. The second-order valence-electron chi connectivity index (χ2n) is 13.8. The van der Waals surface area contributed by atoms with Crippen LogP contribution < -0.4 is 10.2 Å². The highest BCUT2D eigenvalue weighted by Gasteiger charge is 2.71. The van der Waals surface area contributed by atoms with E-state index < -0.39 is 72.0 Å². The molecule has 0 unspecified atom stereocenters. The van der Waals surface area contributed by atoms with Gasteiger partial charge in [0.05, 0.1) is 13.3 Å². The fraction of sp³-hybridized carbons (Fsp3) is 0.606. The maximum absolute atomic E-state index is 15.5. The number of hydrazone groups is 1. The van der Waals surface area contributed by atoms with Crippen LogP contribution in [0.15, 0.2) is 29.9 Å². The lowest BCUT2D eigenvalue weighted by Gasteiger charge is -2.61. The molecule has 1 aromatic rings. The van der Waals surface area contributed by atoms with E-state index in [9.17, 15) is 24.2 Å². The lowest BCUT2D eigenvalue weighted by molar-refractivity contribution is -0.211. The molecule has 1 heterocycles. The number of benzene rings is 1. The Labute approximate surface area is 268 Å². The fourth-order valence-corrected chi connectivity index (χ4v) is 8.98. The highest BCUT2D eigenvalue weighted by atomic mass is 19.1. The van der Waals surface area contributed by atoms with Crippen molar-refractivity contribution in [3.63, 3.8) is 0 Å². The van der Waals surface area contributed by atoms with Crippen LogP contribution in [0.2, 0.25) is 0 Å². The average molecular weight is 641 g/mol. The van der Waals surface area contributed by atoms with Crippen LogP contribution in [0, 0.1) is 40.9 Å². The number of halogens is 1. The van der Waals surface area contributed by atoms with Crippen LogP contribution in [0.3, 0.4) is 0 Å². The van der Waals surface area contributed by atoms with E-state index in [4.69, 9.17) is 18.9 Å². The summed E-state index contributed by atoms with van der Waals surface area (Å²) < 4.78 is 38.0. The van der Waals surface area contributed by atoms with Crippen LogP contribution in [0.1, 0.15) is 64.5 Å². The van der Waals surface area contributed by atoms with Crippen molar-refractivity contribution in [2.75, 3.05) is 13.7 Å². The Balaban J connectivity index is 1.46. The van der Waals surface area contributed by atoms with Gasteiger partial charge in [-0.3, -0.25) is 9.59 Å². The van der Waals surface area contributed by atoms with E-state index in [1.54, 1.807) is 25.1 Å². The first-order valence-electron chi connectivity index (χ1n) is 15.7. The lowest BCUT2D eigenvalue weighted by atomic mass is 9.44. The van der Waals surface area contributed by atoms with Gasteiger partial charge in [-0.2, -0.15) is 5.10 Å². The standard InChI is InChI=1S/C33H42BFN2O9/c1-8-31(5)14-24(32(6)18(2)11-12-33(20(4)29(31)45-17-38)13-22(35)27(40)28(32)33)46-25(39)16-44-23-10-9-21-15-36-37(30(41)43-7)34(42)26(21)19(23)3/h8-10,15,17-18,20,22,24,28-29,42H,1,11-14,16H2,2-7H3/t18-,20+,22+,24-,28+,29+,31-,32+,33+/m1/s1. The third kappa shape index (κ3) is 5.01. The number of ether oxygens (including phenoxy) is 4. The number of alkyl halides is 1. The quantitative estimate of drug-likeness (QED) is 0.156. The van der Waals surface area contributed by atoms with Crippen LogP contribution >= 0.6 is 0 Å². The summed E-state index contributed by atoms with van der Waals surface area (Å²) in [4.78, 5) is 51.9. The van der Waals surface area contributed by atoms with Gasteiger partial charge in [-0.1, -0.05) is 39.8 Å². The second-order valence-corrected chi connectivity index (χ2v) is 13.8. The van der Waals surface area contributed by atoms with Gasteiger partial charge in [-0.25, -0.2) is 18.9 Å². The van der Waals surface area contributed by atoms with Gasteiger partial charge in [0.2, 0.25) is 0 Å². The normalized spacial score (nSPS) is 36.5. The second kappa shape index (κ2) is 12.1. The fourth-order valence-electron chi connectivity index (χ4n) is 8.98. The molecule has 1 aliphatic heterocycles. The number of fused-ring (bicyclic) bond motifs is 1. The number of carbonyl (C=O) groups excluding carboxylic acids is 4. The van der Waals surface area contributed by atoms with Crippen LogP contribution in [-0.4, -0.2) is 79.6 Å². The molecule has 9 atom stereocenters. The molecule has 11 nitrogen and oxygen atoms in total. The predicted octanol–water partition coefficient (Wildman–Crippen LogP) is 3.51. The maximum Gasteiger partial charge on any atom is 0.479 e. The van der Waals surface area contributed by atoms with Crippen molar-refractivity contribution >= 4 is 43.0 Å². The summed E-state index contributed by atoms with van der Waals surface area (Å²) in [5.41, 5.74) is -1.16. The summed E-state index contributed by atoms with van der Waals surface area (Å²) in [5, 5.41) is 14.8. The minimum Gasteiger partial charge on any atom is -0.482 e. The number of carbonyl (C=O) groups is 4. The molecule has 0 aromatic heterocycles. The Morgan fingerprint density at radius 1 is 1.26 bits per heavy atom. The Kier molecular flexibility index (Phi) is 8.87. The van der Waals surface area contributed by atoms with E-state index in [1.165, 1.54) is 13.3 Å². The maximum atomic E-state index is 15.5. The van der Waals surface area contributed by atoms with E-state index in [0.717, 1.165) is 4.92 Å². The number of esters is 1. The minimum absolute atomic E-state index is 0.0251. The first kappa shape index (κ1) is 33.6. The monoisotopic (exact) mass is 640 g/mol. The van der Waals surface area contributed by atoms with E-state index in [2.05, 4.69) is 11.7 Å². The highest BCUT2D eigenvalue weighted by molar-refractivity contribution is 6.68. The molecule has 0 radical (unpaired) electrons. The van der Waals surface area contributed by atoms with Gasteiger partial charge < -0.3 is 24.0 Å². The van der Waals surface area contributed by atoms with E-state index in [-0.39, 0.29) is 30.4 Å². The number of nitrogens with zero attached hydrogens (tertiary/aromatic N) is 2. The molecule has 3 aliphatic carbocycles. The summed E-state index contributed by atoms with van der Waals surface area (Å²) in [6, 6.07) is 3.27. The number of hydrogen-bond acceptors (Lipinski definition) is 10. The average Bonchev–Trinajstić information content (AvgIpc) is 3.30. The summed E-state index contributed by atoms with van der Waals surface area (Å²) in [6.07, 6.45) is 0.494. The van der Waals surface area contributed by atoms with E-state index >= 15 is 4.39 Å². The molecule has 4 aliphatic rings. The van der Waals surface area contributed by atoms with Crippen LogP contribution in [0.5, 0.6) is 5.75 Å². The van der Waals surface area contributed by atoms with Gasteiger partial charge in [-0.05, 0) is 66.6 Å². The zero-order valence-electron chi connectivity index (χ0n) is 27.2. The summed E-state index contributed by atoms with van der Waals surface area (Å²) in [6.45, 7) is 13.4. The molecule has 3 fully saturated rings. The first-order chi connectivity index (χ1) is 21.7. The Bertz CT molecular complexity index is 1470. The zero-order valence-corrected chi connectivity index (χ0v) is 27.2. The Morgan fingerprint density at radius 3 is 2.63 bits per heavy atom. The topological polar surface area (TPSA) is 141 Å². The third-order valence-electron chi connectivity index (χ3n) is 11.7. The highest BCUT2D eigenvalue weighted by Crippen LogP contribution is 2.68. The largest absolute Gasteiger partial charge is 0.482 e. The molecule has 3 saturated carbocycles. The van der Waals surface area contributed by atoms with Crippen LogP contribution in [-0.2, 0) is 28.6 Å². The number of methoxy groups -OCH3 is 1.